The maximum Gasteiger partial charge on any atom is 0.138 e. The molecule has 0 aromatic heterocycles. The largest absolute Gasteiger partial charge is 0.396 e. The first kappa shape index (κ1) is 16.6. The van der Waals surface area contributed by atoms with E-state index in [-0.39, 0.29) is 19.0 Å². The topological polar surface area (TPSA) is 43.7 Å². The number of rotatable bonds is 7. The molecular weight excluding hydrogens is 257 g/mol. The molecule has 20 heavy (non-hydrogen) atoms. The Balaban J connectivity index is 2.76. The summed E-state index contributed by atoms with van der Waals surface area (Å²) in [7, 11) is 0. The average Bonchev–Trinajstić information content (AvgIpc) is 2.46. The second kappa shape index (κ2) is 9.49. The number of aliphatic hydroxyl groups excluding tert-OH is 2. The van der Waals surface area contributed by atoms with Crippen molar-refractivity contribution in [2.75, 3.05) is 26.3 Å². The molecule has 1 aromatic carbocycles. The minimum Gasteiger partial charge on any atom is -0.396 e. The van der Waals surface area contributed by atoms with E-state index in [0.717, 1.165) is 25.1 Å². The average molecular weight is 279 g/mol. The molecule has 2 N–H and O–H groups in total. The van der Waals surface area contributed by atoms with E-state index in [4.69, 9.17) is 10.2 Å². The van der Waals surface area contributed by atoms with Crippen LogP contribution in [0.1, 0.15) is 30.9 Å². The van der Waals surface area contributed by atoms with Gasteiger partial charge in [0.2, 0.25) is 0 Å². The number of halogens is 1. The Kier molecular flexibility index (Phi) is 7.89. The fourth-order valence-corrected chi connectivity index (χ4v) is 1.88. The standard InChI is InChI=1S/C16H22FNO2/c1-2-18(9-5-11-20)13-14-7-8-16(17)15(12-14)6-3-4-10-19/h7-8,12,19-20H,2,4-5,9-11,13H2,1H3. The lowest BCUT2D eigenvalue weighted by atomic mass is 10.1. The van der Waals surface area contributed by atoms with E-state index in [1.165, 1.54) is 6.07 Å². The van der Waals surface area contributed by atoms with Crippen molar-refractivity contribution in [1.29, 1.82) is 0 Å². The summed E-state index contributed by atoms with van der Waals surface area (Å²) in [6.07, 6.45) is 1.08. The third kappa shape index (κ3) is 5.70. The molecule has 110 valence electrons. The summed E-state index contributed by atoms with van der Waals surface area (Å²) < 4.78 is 13.6. The van der Waals surface area contributed by atoms with Crippen LogP contribution in [0.4, 0.5) is 4.39 Å². The Labute approximate surface area is 120 Å². The summed E-state index contributed by atoms with van der Waals surface area (Å²) in [5.74, 6) is 5.14. The van der Waals surface area contributed by atoms with E-state index in [2.05, 4.69) is 23.7 Å². The molecule has 0 amide bonds. The molecule has 0 aliphatic carbocycles. The highest BCUT2D eigenvalue weighted by Crippen LogP contribution is 2.12. The fourth-order valence-electron chi connectivity index (χ4n) is 1.88. The predicted molar refractivity (Wildman–Crippen MR) is 77.6 cm³/mol. The summed E-state index contributed by atoms with van der Waals surface area (Å²) in [4.78, 5) is 2.19. The first-order valence-electron chi connectivity index (χ1n) is 6.92. The van der Waals surface area contributed by atoms with Gasteiger partial charge >= 0.3 is 0 Å². The smallest absolute Gasteiger partial charge is 0.138 e. The minimum absolute atomic E-state index is 0.0148. The molecule has 1 aromatic rings. The van der Waals surface area contributed by atoms with E-state index in [0.29, 0.717) is 18.5 Å². The second-order valence-electron chi connectivity index (χ2n) is 4.54. The van der Waals surface area contributed by atoms with E-state index in [1.54, 1.807) is 12.1 Å². The Morgan fingerprint density at radius 2 is 2.05 bits per heavy atom. The molecule has 0 fully saturated rings. The highest BCUT2D eigenvalue weighted by Gasteiger charge is 2.06. The fraction of sp³-hybridized carbons (Fsp3) is 0.500. The van der Waals surface area contributed by atoms with Gasteiger partial charge in [-0.05, 0) is 30.7 Å². The van der Waals surface area contributed by atoms with Gasteiger partial charge in [0, 0.05) is 26.1 Å². The van der Waals surface area contributed by atoms with Crippen LogP contribution in [0.15, 0.2) is 18.2 Å². The summed E-state index contributed by atoms with van der Waals surface area (Å²) in [5.41, 5.74) is 1.37. The van der Waals surface area contributed by atoms with Gasteiger partial charge < -0.3 is 10.2 Å². The van der Waals surface area contributed by atoms with Gasteiger partial charge in [0.1, 0.15) is 5.82 Å². The van der Waals surface area contributed by atoms with Crippen molar-refractivity contribution in [1.82, 2.24) is 4.90 Å². The van der Waals surface area contributed by atoms with Gasteiger partial charge in [0.15, 0.2) is 0 Å². The van der Waals surface area contributed by atoms with E-state index >= 15 is 0 Å². The summed E-state index contributed by atoms with van der Waals surface area (Å²) in [6.45, 7) is 4.63. The molecular formula is C16H22FNO2. The van der Waals surface area contributed by atoms with Crippen LogP contribution >= 0.6 is 0 Å². The van der Waals surface area contributed by atoms with Crippen LogP contribution < -0.4 is 0 Å². The molecule has 0 unspecified atom stereocenters. The third-order valence-electron chi connectivity index (χ3n) is 2.98. The molecule has 0 aliphatic heterocycles. The van der Waals surface area contributed by atoms with E-state index in [9.17, 15) is 4.39 Å². The normalized spacial score (nSPS) is 10.4. The molecule has 4 heteroatoms. The molecule has 0 heterocycles. The lowest BCUT2D eigenvalue weighted by Crippen LogP contribution is -2.24. The van der Waals surface area contributed by atoms with Gasteiger partial charge in [0.05, 0.1) is 12.2 Å². The number of hydrogen-bond donors (Lipinski definition) is 2. The molecule has 0 saturated carbocycles. The van der Waals surface area contributed by atoms with Crippen molar-refractivity contribution in [3.63, 3.8) is 0 Å². The van der Waals surface area contributed by atoms with Gasteiger partial charge in [-0.2, -0.15) is 0 Å². The maximum atomic E-state index is 13.6. The van der Waals surface area contributed by atoms with Crippen LogP contribution in [-0.2, 0) is 6.54 Å². The minimum atomic E-state index is -0.336. The van der Waals surface area contributed by atoms with Crippen molar-refractivity contribution >= 4 is 0 Å². The van der Waals surface area contributed by atoms with Crippen LogP contribution in [0.3, 0.4) is 0 Å². The summed E-state index contributed by atoms with van der Waals surface area (Å²) in [5, 5.41) is 17.5. The lowest BCUT2D eigenvalue weighted by molar-refractivity contribution is 0.225. The molecule has 0 bridgehead atoms. The zero-order valence-electron chi connectivity index (χ0n) is 11.9. The van der Waals surface area contributed by atoms with Gasteiger partial charge in [-0.1, -0.05) is 24.8 Å². The molecule has 3 nitrogen and oxygen atoms in total. The lowest BCUT2D eigenvalue weighted by Gasteiger charge is -2.20. The van der Waals surface area contributed by atoms with Gasteiger partial charge in [-0.25, -0.2) is 4.39 Å². The quantitative estimate of drug-likeness (QED) is 0.748. The SMILES string of the molecule is CCN(CCCO)Cc1ccc(F)c(C#CCCO)c1. The number of benzene rings is 1. The number of aliphatic hydroxyl groups is 2. The van der Waals surface area contributed by atoms with Crippen molar-refractivity contribution in [2.45, 2.75) is 26.3 Å². The molecule has 0 spiro atoms. The van der Waals surface area contributed by atoms with Crippen LogP contribution in [0.2, 0.25) is 0 Å². The first-order chi connectivity index (χ1) is 9.71. The Hall–Kier alpha value is -1.41. The van der Waals surface area contributed by atoms with Crippen LogP contribution in [0.25, 0.3) is 0 Å². The van der Waals surface area contributed by atoms with Gasteiger partial charge in [-0.3, -0.25) is 4.90 Å². The highest BCUT2D eigenvalue weighted by molar-refractivity contribution is 5.38. The monoisotopic (exact) mass is 279 g/mol. The molecule has 1 rings (SSSR count). The zero-order valence-corrected chi connectivity index (χ0v) is 11.9. The Morgan fingerprint density at radius 1 is 1.25 bits per heavy atom. The molecule has 0 aliphatic rings. The maximum absolute atomic E-state index is 13.6. The van der Waals surface area contributed by atoms with Crippen molar-refractivity contribution in [3.8, 4) is 11.8 Å². The third-order valence-corrected chi connectivity index (χ3v) is 2.98. The number of nitrogens with zero attached hydrogens (tertiary/aromatic N) is 1. The van der Waals surface area contributed by atoms with Crippen molar-refractivity contribution < 1.29 is 14.6 Å². The van der Waals surface area contributed by atoms with E-state index in [1.807, 2.05) is 0 Å². The Bertz CT molecular complexity index is 465. The molecule has 0 radical (unpaired) electrons. The van der Waals surface area contributed by atoms with Crippen molar-refractivity contribution in [3.05, 3.63) is 35.1 Å². The Morgan fingerprint density at radius 3 is 2.70 bits per heavy atom. The van der Waals surface area contributed by atoms with Gasteiger partial charge in [-0.15, -0.1) is 0 Å². The molecule has 0 saturated heterocycles. The van der Waals surface area contributed by atoms with Crippen LogP contribution in [0.5, 0.6) is 0 Å². The van der Waals surface area contributed by atoms with E-state index < -0.39 is 0 Å². The summed E-state index contributed by atoms with van der Waals surface area (Å²) >= 11 is 0. The van der Waals surface area contributed by atoms with Crippen molar-refractivity contribution in [2.24, 2.45) is 0 Å². The first-order valence-corrected chi connectivity index (χ1v) is 6.92. The zero-order chi connectivity index (χ0) is 14.8. The molecule has 0 atom stereocenters. The second-order valence-corrected chi connectivity index (χ2v) is 4.54. The highest BCUT2D eigenvalue weighted by atomic mass is 19.1. The van der Waals surface area contributed by atoms with Crippen LogP contribution in [-0.4, -0.2) is 41.4 Å². The van der Waals surface area contributed by atoms with Gasteiger partial charge in [0.25, 0.3) is 0 Å². The predicted octanol–water partition coefficient (Wildman–Crippen LogP) is 1.76. The number of hydrogen-bond acceptors (Lipinski definition) is 3. The van der Waals surface area contributed by atoms with Crippen LogP contribution in [0, 0.1) is 17.7 Å². The summed E-state index contributed by atoms with van der Waals surface area (Å²) in [6, 6.07) is 4.94.